The zero-order valence-corrected chi connectivity index (χ0v) is 16.5. The molecular formula is C22H20F2N2O2S. The first-order valence-corrected chi connectivity index (χ1v) is 10.4. The second kappa shape index (κ2) is 8.69. The van der Waals surface area contributed by atoms with Gasteiger partial charge in [-0.2, -0.15) is 0 Å². The molecule has 2 heterocycles. The van der Waals surface area contributed by atoms with Gasteiger partial charge in [-0.1, -0.05) is 30.3 Å². The molecule has 0 N–H and O–H groups in total. The molecule has 150 valence electrons. The Morgan fingerprint density at radius 3 is 2.62 bits per heavy atom. The van der Waals surface area contributed by atoms with Crippen LogP contribution < -0.4 is 4.74 Å². The Bertz CT molecular complexity index is 985. The average molecular weight is 414 g/mol. The molecule has 0 aliphatic carbocycles. The van der Waals surface area contributed by atoms with Crippen molar-refractivity contribution in [1.82, 2.24) is 9.88 Å². The van der Waals surface area contributed by atoms with Gasteiger partial charge in [-0.05, 0) is 17.7 Å². The molecule has 2 aromatic carbocycles. The van der Waals surface area contributed by atoms with E-state index in [1.165, 1.54) is 23.5 Å². The lowest BCUT2D eigenvalue weighted by atomic mass is 10.1. The number of aromatic nitrogens is 1. The molecule has 3 aromatic rings. The number of thiazole rings is 1. The Morgan fingerprint density at radius 2 is 1.90 bits per heavy atom. The molecule has 29 heavy (non-hydrogen) atoms. The predicted molar refractivity (Wildman–Crippen MR) is 107 cm³/mol. The topological polar surface area (TPSA) is 42.4 Å². The number of likely N-dealkylation sites (tertiary alicyclic amines) is 1. The summed E-state index contributed by atoms with van der Waals surface area (Å²) in [6, 6.07) is 13.3. The van der Waals surface area contributed by atoms with Crippen LogP contribution in [-0.2, 0) is 6.42 Å². The van der Waals surface area contributed by atoms with Gasteiger partial charge in [0.1, 0.15) is 17.6 Å². The highest BCUT2D eigenvalue weighted by Gasteiger charge is 2.26. The summed E-state index contributed by atoms with van der Waals surface area (Å²) >= 11 is 1.49. The highest BCUT2D eigenvalue weighted by Crippen LogP contribution is 2.24. The van der Waals surface area contributed by atoms with Gasteiger partial charge >= 0.3 is 0 Å². The third-order valence-electron chi connectivity index (χ3n) is 4.89. The lowest BCUT2D eigenvalue weighted by molar-refractivity contribution is 0.0583. The number of halogens is 2. The first-order chi connectivity index (χ1) is 14.1. The molecule has 0 unspecified atom stereocenters. The molecule has 7 heteroatoms. The minimum atomic E-state index is -0.711. The van der Waals surface area contributed by atoms with Gasteiger partial charge in [-0.15, -0.1) is 11.3 Å². The molecular weight excluding hydrogens is 394 g/mol. The number of ether oxygens (including phenoxy) is 1. The van der Waals surface area contributed by atoms with Crippen molar-refractivity contribution < 1.29 is 18.3 Å². The van der Waals surface area contributed by atoms with E-state index in [-0.39, 0.29) is 17.8 Å². The molecule has 0 radical (unpaired) electrons. The summed E-state index contributed by atoms with van der Waals surface area (Å²) in [6.45, 7) is 1.02. The summed E-state index contributed by atoms with van der Waals surface area (Å²) < 4.78 is 32.4. The summed E-state index contributed by atoms with van der Waals surface area (Å²) in [6.07, 6.45) is 1.67. The van der Waals surface area contributed by atoms with Crippen molar-refractivity contribution in [2.75, 3.05) is 13.1 Å². The van der Waals surface area contributed by atoms with E-state index in [0.29, 0.717) is 38.0 Å². The Balaban J connectivity index is 1.32. The first-order valence-electron chi connectivity index (χ1n) is 9.48. The number of nitrogens with zero attached hydrogens (tertiary/aromatic N) is 2. The molecule has 4 nitrogen and oxygen atoms in total. The van der Waals surface area contributed by atoms with Crippen LogP contribution in [0.25, 0.3) is 0 Å². The third-order valence-corrected chi connectivity index (χ3v) is 5.73. The maximum absolute atomic E-state index is 13.8. The largest absolute Gasteiger partial charge is 0.487 e. The number of piperidine rings is 1. The van der Waals surface area contributed by atoms with E-state index in [9.17, 15) is 13.6 Å². The van der Waals surface area contributed by atoms with Crippen LogP contribution in [0, 0.1) is 11.6 Å². The van der Waals surface area contributed by atoms with Crippen LogP contribution in [0.2, 0.25) is 0 Å². The van der Waals surface area contributed by atoms with Crippen LogP contribution >= 0.6 is 11.3 Å². The normalized spacial score (nSPS) is 14.8. The standard InChI is InChI=1S/C22H20F2N2O2S/c23-16-6-7-20(18(24)13-16)28-17-8-10-26(11-9-17)22(27)19-14-29-21(25-19)12-15-4-2-1-3-5-15/h1-7,13-14,17H,8-12H2. The van der Waals surface area contributed by atoms with Crippen LogP contribution in [0.3, 0.4) is 0 Å². The van der Waals surface area contributed by atoms with Gasteiger partial charge in [0, 0.05) is 43.8 Å². The quantitative estimate of drug-likeness (QED) is 0.608. The SMILES string of the molecule is O=C(c1csc(Cc2ccccc2)n1)N1CCC(Oc2ccc(F)cc2F)CC1. The van der Waals surface area contributed by atoms with Gasteiger partial charge in [0.25, 0.3) is 5.91 Å². The predicted octanol–water partition coefficient (Wildman–Crippen LogP) is 4.70. The highest BCUT2D eigenvalue weighted by molar-refractivity contribution is 7.09. The second-order valence-electron chi connectivity index (χ2n) is 6.97. The third kappa shape index (κ3) is 4.79. The Labute approximate surface area is 171 Å². The fraction of sp³-hybridized carbons (Fsp3) is 0.273. The zero-order valence-electron chi connectivity index (χ0n) is 15.7. The fourth-order valence-electron chi connectivity index (χ4n) is 3.35. The molecule has 1 saturated heterocycles. The molecule has 4 rings (SSSR count). The Kier molecular flexibility index (Phi) is 5.85. The van der Waals surface area contributed by atoms with Gasteiger partial charge in [0.15, 0.2) is 11.6 Å². The molecule has 1 aliphatic rings. The van der Waals surface area contributed by atoms with E-state index in [1.807, 2.05) is 30.3 Å². The number of carbonyl (C=O) groups is 1. The lowest BCUT2D eigenvalue weighted by Gasteiger charge is -2.31. The van der Waals surface area contributed by atoms with Crippen LogP contribution in [0.15, 0.2) is 53.9 Å². The Hall–Kier alpha value is -2.80. The fourth-order valence-corrected chi connectivity index (χ4v) is 4.15. The first kappa shape index (κ1) is 19.5. The highest BCUT2D eigenvalue weighted by atomic mass is 32.1. The van der Waals surface area contributed by atoms with Crippen molar-refractivity contribution in [3.05, 3.63) is 81.8 Å². The van der Waals surface area contributed by atoms with Gasteiger partial charge in [0.05, 0.1) is 5.01 Å². The Morgan fingerprint density at radius 1 is 1.14 bits per heavy atom. The van der Waals surface area contributed by atoms with Gasteiger partial charge in [-0.3, -0.25) is 4.79 Å². The number of carbonyl (C=O) groups excluding carboxylic acids is 1. The number of benzene rings is 2. The van der Waals surface area contributed by atoms with Crippen LogP contribution in [0.5, 0.6) is 5.75 Å². The smallest absolute Gasteiger partial charge is 0.273 e. The van der Waals surface area contributed by atoms with Gasteiger partial charge < -0.3 is 9.64 Å². The summed E-state index contributed by atoms with van der Waals surface area (Å²) in [7, 11) is 0. The molecule has 1 aliphatic heterocycles. The second-order valence-corrected chi connectivity index (χ2v) is 7.92. The lowest BCUT2D eigenvalue weighted by Crippen LogP contribution is -2.42. The van der Waals surface area contributed by atoms with Crippen molar-refractivity contribution in [1.29, 1.82) is 0 Å². The zero-order chi connectivity index (χ0) is 20.2. The number of hydrogen-bond donors (Lipinski definition) is 0. The molecule has 0 spiro atoms. The van der Waals surface area contributed by atoms with Crippen molar-refractivity contribution >= 4 is 17.2 Å². The summed E-state index contributed by atoms with van der Waals surface area (Å²) in [5, 5.41) is 2.71. The summed E-state index contributed by atoms with van der Waals surface area (Å²) in [4.78, 5) is 19.0. The number of amides is 1. The monoisotopic (exact) mass is 414 g/mol. The number of rotatable bonds is 5. The van der Waals surface area contributed by atoms with Crippen molar-refractivity contribution in [2.24, 2.45) is 0 Å². The van der Waals surface area contributed by atoms with Crippen LogP contribution in [0.4, 0.5) is 8.78 Å². The van der Waals surface area contributed by atoms with E-state index in [0.717, 1.165) is 16.6 Å². The summed E-state index contributed by atoms with van der Waals surface area (Å²) in [5.41, 5.74) is 1.62. The molecule has 1 fully saturated rings. The van der Waals surface area contributed by atoms with Gasteiger partial charge in [0.2, 0.25) is 0 Å². The van der Waals surface area contributed by atoms with E-state index < -0.39 is 11.6 Å². The molecule has 1 aromatic heterocycles. The van der Waals surface area contributed by atoms with E-state index in [4.69, 9.17) is 4.74 Å². The number of hydrogen-bond acceptors (Lipinski definition) is 4. The van der Waals surface area contributed by atoms with Crippen LogP contribution in [0.1, 0.15) is 33.9 Å². The van der Waals surface area contributed by atoms with Crippen LogP contribution in [-0.4, -0.2) is 35.0 Å². The van der Waals surface area contributed by atoms with Crippen molar-refractivity contribution in [3.63, 3.8) is 0 Å². The molecule has 1 amide bonds. The van der Waals surface area contributed by atoms with E-state index >= 15 is 0 Å². The minimum absolute atomic E-state index is 0.0428. The van der Waals surface area contributed by atoms with Crippen molar-refractivity contribution in [3.8, 4) is 5.75 Å². The van der Waals surface area contributed by atoms with Gasteiger partial charge in [-0.25, -0.2) is 13.8 Å². The van der Waals surface area contributed by atoms with Crippen molar-refractivity contribution in [2.45, 2.75) is 25.4 Å². The average Bonchev–Trinajstić information content (AvgIpc) is 3.19. The molecule has 0 bridgehead atoms. The maximum Gasteiger partial charge on any atom is 0.273 e. The molecule has 0 atom stereocenters. The van der Waals surface area contributed by atoms with E-state index in [1.54, 1.807) is 10.3 Å². The van der Waals surface area contributed by atoms with E-state index in [2.05, 4.69) is 4.98 Å². The molecule has 0 saturated carbocycles. The summed E-state index contributed by atoms with van der Waals surface area (Å²) in [5.74, 6) is -1.39. The minimum Gasteiger partial charge on any atom is -0.487 e. The maximum atomic E-state index is 13.8.